The Kier molecular flexibility index (Phi) is 2.40. The predicted molar refractivity (Wildman–Crippen MR) is 33.0 cm³/mol. The summed E-state index contributed by atoms with van der Waals surface area (Å²) in [7, 11) is 0. The van der Waals surface area contributed by atoms with Gasteiger partial charge in [0.2, 0.25) is 0 Å². The van der Waals surface area contributed by atoms with Gasteiger partial charge in [-0.2, -0.15) is 0 Å². The van der Waals surface area contributed by atoms with Crippen LogP contribution in [0.5, 0.6) is 5.75 Å². The Hall–Kier alpha value is -1.33. The van der Waals surface area contributed by atoms with Crippen LogP contribution in [-0.4, -0.2) is 6.36 Å². The SMILES string of the molecule is Fc1cc(F)cc(OC(F)(F)F)c1. The predicted octanol–water partition coefficient (Wildman–Crippen LogP) is 2.86. The van der Waals surface area contributed by atoms with E-state index >= 15 is 0 Å². The van der Waals surface area contributed by atoms with Gasteiger partial charge < -0.3 is 4.74 Å². The van der Waals surface area contributed by atoms with Gasteiger partial charge in [0.15, 0.2) is 0 Å². The smallest absolute Gasteiger partial charge is 0.406 e. The van der Waals surface area contributed by atoms with Crippen molar-refractivity contribution in [3.63, 3.8) is 0 Å². The molecule has 0 unspecified atom stereocenters. The van der Waals surface area contributed by atoms with Crippen molar-refractivity contribution in [2.45, 2.75) is 6.36 Å². The van der Waals surface area contributed by atoms with Crippen molar-refractivity contribution in [1.82, 2.24) is 0 Å². The van der Waals surface area contributed by atoms with Gasteiger partial charge in [-0.15, -0.1) is 13.2 Å². The molecular weight excluding hydrogens is 195 g/mol. The second-order valence-electron chi connectivity index (χ2n) is 2.15. The summed E-state index contributed by atoms with van der Waals surface area (Å²) in [5.74, 6) is -3.16. The van der Waals surface area contributed by atoms with E-state index in [1.54, 1.807) is 0 Å². The molecule has 0 amide bonds. The van der Waals surface area contributed by atoms with Gasteiger partial charge in [0.1, 0.15) is 17.4 Å². The molecule has 0 saturated heterocycles. The minimum absolute atomic E-state index is 0.441. The Morgan fingerprint density at radius 3 is 1.77 bits per heavy atom. The monoisotopic (exact) mass is 198 g/mol. The molecule has 0 fully saturated rings. The first-order chi connectivity index (χ1) is 5.87. The highest BCUT2D eigenvalue weighted by atomic mass is 19.4. The molecule has 72 valence electrons. The van der Waals surface area contributed by atoms with Gasteiger partial charge in [0.25, 0.3) is 0 Å². The van der Waals surface area contributed by atoms with Crippen LogP contribution < -0.4 is 4.74 Å². The standard InChI is InChI=1S/C7H3F5O/c8-4-1-5(9)3-6(2-4)13-7(10,11)12/h1-3H. The summed E-state index contributed by atoms with van der Waals surface area (Å²) >= 11 is 0. The Labute approximate surface area is 69.7 Å². The van der Waals surface area contributed by atoms with Gasteiger partial charge in [0.05, 0.1) is 0 Å². The number of alkyl halides is 3. The molecule has 0 aliphatic heterocycles. The molecule has 0 atom stereocenters. The van der Waals surface area contributed by atoms with E-state index in [4.69, 9.17) is 0 Å². The fraction of sp³-hybridized carbons (Fsp3) is 0.143. The Bertz CT molecular complexity index is 286. The van der Waals surface area contributed by atoms with Crippen LogP contribution in [0.4, 0.5) is 22.0 Å². The second-order valence-corrected chi connectivity index (χ2v) is 2.15. The zero-order valence-corrected chi connectivity index (χ0v) is 6.03. The second kappa shape index (κ2) is 3.20. The molecule has 0 radical (unpaired) electrons. The summed E-state index contributed by atoms with van der Waals surface area (Å²) in [5, 5.41) is 0. The Morgan fingerprint density at radius 1 is 0.923 bits per heavy atom. The van der Waals surface area contributed by atoms with Crippen molar-refractivity contribution in [2.75, 3.05) is 0 Å². The van der Waals surface area contributed by atoms with E-state index < -0.39 is 23.7 Å². The van der Waals surface area contributed by atoms with E-state index in [1.807, 2.05) is 0 Å². The highest BCUT2D eigenvalue weighted by Crippen LogP contribution is 2.23. The lowest BCUT2D eigenvalue weighted by molar-refractivity contribution is -0.274. The van der Waals surface area contributed by atoms with Crippen molar-refractivity contribution in [1.29, 1.82) is 0 Å². The van der Waals surface area contributed by atoms with Gasteiger partial charge >= 0.3 is 6.36 Å². The van der Waals surface area contributed by atoms with Crippen LogP contribution >= 0.6 is 0 Å². The first-order valence-electron chi connectivity index (χ1n) is 3.09. The lowest BCUT2D eigenvalue weighted by Crippen LogP contribution is -2.17. The van der Waals surface area contributed by atoms with Crippen molar-refractivity contribution < 1.29 is 26.7 Å². The molecule has 0 N–H and O–H groups in total. The van der Waals surface area contributed by atoms with E-state index in [9.17, 15) is 22.0 Å². The summed E-state index contributed by atoms with van der Waals surface area (Å²) in [6.07, 6.45) is -4.94. The molecule has 1 nitrogen and oxygen atoms in total. The fourth-order valence-corrected chi connectivity index (χ4v) is 0.721. The number of ether oxygens (including phenoxy) is 1. The molecule has 0 bridgehead atoms. The minimum Gasteiger partial charge on any atom is -0.406 e. The van der Waals surface area contributed by atoms with Crippen molar-refractivity contribution >= 4 is 0 Å². The van der Waals surface area contributed by atoms with Crippen molar-refractivity contribution in [3.05, 3.63) is 29.8 Å². The third-order valence-corrected chi connectivity index (χ3v) is 1.07. The zero-order chi connectivity index (χ0) is 10.1. The quantitative estimate of drug-likeness (QED) is 0.630. The Morgan fingerprint density at radius 2 is 1.38 bits per heavy atom. The van der Waals surface area contributed by atoms with Crippen molar-refractivity contribution in [2.24, 2.45) is 0 Å². The van der Waals surface area contributed by atoms with Gasteiger partial charge in [-0.05, 0) is 0 Å². The third kappa shape index (κ3) is 3.27. The van der Waals surface area contributed by atoms with Crippen molar-refractivity contribution in [3.8, 4) is 5.75 Å². The lowest BCUT2D eigenvalue weighted by atomic mass is 10.3. The first-order valence-corrected chi connectivity index (χ1v) is 3.09. The summed E-state index contributed by atoms with van der Waals surface area (Å²) < 4.78 is 62.5. The number of halogens is 5. The van der Waals surface area contributed by atoms with Gasteiger partial charge in [-0.1, -0.05) is 0 Å². The first kappa shape index (κ1) is 9.76. The van der Waals surface area contributed by atoms with E-state index in [-0.39, 0.29) is 0 Å². The van der Waals surface area contributed by atoms with Gasteiger partial charge in [-0.3, -0.25) is 0 Å². The topological polar surface area (TPSA) is 9.23 Å². The van der Waals surface area contributed by atoms with Crippen LogP contribution in [0.25, 0.3) is 0 Å². The van der Waals surface area contributed by atoms with Crippen LogP contribution in [0.3, 0.4) is 0 Å². The summed E-state index contributed by atoms with van der Waals surface area (Å²) in [6.45, 7) is 0. The van der Waals surface area contributed by atoms with E-state index in [0.29, 0.717) is 18.2 Å². The zero-order valence-electron chi connectivity index (χ0n) is 6.03. The average Bonchev–Trinajstić information content (AvgIpc) is 1.78. The normalized spacial score (nSPS) is 11.5. The lowest BCUT2D eigenvalue weighted by Gasteiger charge is -2.08. The Balaban J connectivity index is 2.90. The van der Waals surface area contributed by atoms with Gasteiger partial charge in [-0.25, -0.2) is 8.78 Å². The molecule has 0 saturated carbocycles. The highest BCUT2D eigenvalue weighted by Gasteiger charge is 2.31. The summed E-state index contributed by atoms with van der Waals surface area (Å²) in [4.78, 5) is 0. The fourth-order valence-electron chi connectivity index (χ4n) is 0.721. The maximum atomic E-state index is 12.3. The molecule has 0 aliphatic rings. The van der Waals surface area contributed by atoms with Crippen LogP contribution in [0, 0.1) is 11.6 Å². The largest absolute Gasteiger partial charge is 0.573 e. The molecule has 0 heterocycles. The molecule has 1 aromatic carbocycles. The average molecular weight is 198 g/mol. The van der Waals surface area contributed by atoms with E-state index in [2.05, 4.69) is 4.74 Å². The molecule has 6 heteroatoms. The number of hydrogen-bond acceptors (Lipinski definition) is 1. The summed E-state index contributed by atoms with van der Waals surface area (Å²) in [6, 6.07) is 1.33. The number of rotatable bonds is 1. The van der Waals surface area contributed by atoms with Crippen LogP contribution in [-0.2, 0) is 0 Å². The molecule has 0 aliphatic carbocycles. The maximum absolute atomic E-state index is 12.3. The van der Waals surface area contributed by atoms with E-state index in [1.165, 1.54) is 0 Å². The molecule has 1 rings (SSSR count). The maximum Gasteiger partial charge on any atom is 0.573 e. The van der Waals surface area contributed by atoms with Crippen LogP contribution in [0.15, 0.2) is 18.2 Å². The van der Waals surface area contributed by atoms with Crippen LogP contribution in [0.2, 0.25) is 0 Å². The molecular formula is C7H3F5O. The highest BCUT2D eigenvalue weighted by molar-refractivity contribution is 5.23. The van der Waals surface area contributed by atoms with E-state index in [0.717, 1.165) is 0 Å². The van der Waals surface area contributed by atoms with Gasteiger partial charge in [0, 0.05) is 18.2 Å². The molecule has 0 spiro atoms. The summed E-state index contributed by atoms with van der Waals surface area (Å²) in [5.41, 5.74) is 0. The number of benzene rings is 1. The molecule has 1 aromatic rings. The number of hydrogen-bond donors (Lipinski definition) is 0. The molecule has 13 heavy (non-hydrogen) atoms. The minimum atomic E-state index is -4.94. The van der Waals surface area contributed by atoms with Crippen LogP contribution in [0.1, 0.15) is 0 Å². The third-order valence-electron chi connectivity index (χ3n) is 1.07. The molecule has 0 aromatic heterocycles.